The van der Waals surface area contributed by atoms with Crippen LogP contribution in [0.4, 0.5) is 4.79 Å². The molecule has 22 heavy (non-hydrogen) atoms. The van der Waals surface area contributed by atoms with Gasteiger partial charge in [0.1, 0.15) is 0 Å². The van der Waals surface area contributed by atoms with Crippen molar-refractivity contribution in [3.8, 4) is 0 Å². The summed E-state index contributed by atoms with van der Waals surface area (Å²) >= 11 is 6.09. The number of carbonyl (C=O) groups is 1. The Labute approximate surface area is 137 Å². The molecule has 1 aliphatic heterocycles. The van der Waals surface area contributed by atoms with Gasteiger partial charge < -0.3 is 15.0 Å². The average Bonchev–Trinajstić information content (AvgIpc) is 2.55. The van der Waals surface area contributed by atoms with Gasteiger partial charge in [-0.3, -0.25) is 4.90 Å². The van der Waals surface area contributed by atoms with Gasteiger partial charge in [0.05, 0.1) is 0 Å². The zero-order valence-corrected chi connectivity index (χ0v) is 13.8. The molecule has 0 aromatic heterocycles. The van der Waals surface area contributed by atoms with E-state index in [1.807, 2.05) is 29.2 Å². The number of urea groups is 1. The first-order valence-electron chi connectivity index (χ1n) is 7.68. The molecule has 2 amide bonds. The third-order valence-electron chi connectivity index (χ3n) is 3.87. The molecule has 0 spiro atoms. The summed E-state index contributed by atoms with van der Waals surface area (Å²) in [5, 5.41) is 3.63. The Hall–Kier alpha value is -1.30. The Balaban J connectivity index is 1.70. The first-order chi connectivity index (χ1) is 10.7. The van der Waals surface area contributed by atoms with Gasteiger partial charge in [-0.25, -0.2) is 4.79 Å². The molecule has 5 nitrogen and oxygen atoms in total. The topological polar surface area (TPSA) is 44.8 Å². The second-order valence-electron chi connectivity index (χ2n) is 5.43. The molecule has 6 heteroatoms. The molecule has 1 aromatic carbocycles. The molecule has 2 rings (SSSR count). The molecule has 1 aliphatic rings. The number of hydrogen-bond acceptors (Lipinski definition) is 3. The maximum atomic E-state index is 12.2. The van der Waals surface area contributed by atoms with E-state index in [9.17, 15) is 4.79 Å². The van der Waals surface area contributed by atoms with Crippen molar-refractivity contribution in [2.24, 2.45) is 0 Å². The molecule has 1 aromatic rings. The number of hydrogen-bond donors (Lipinski definition) is 1. The first kappa shape index (κ1) is 17.1. The van der Waals surface area contributed by atoms with Crippen LogP contribution in [0.5, 0.6) is 0 Å². The number of ether oxygens (including phenoxy) is 1. The lowest BCUT2D eigenvalue weighted by Gasteiger charge is -2.34. The predicted octanol–water partition coefficient (Wildman–Crippen LogP) is 2.20. The van der Waals surface area contributed by atoms with Gasteiger partial charge >= 0.3 is 6.03 Å². The van der Waals surface area contributed by atoms with Gasteiger partial charge in [0, 0.05) is 58.0 Å². The number of nitrogens with one attached hydrogen (secondary N) is 1. The molecule has 0 aliphatic carbocycles. The maximum Gasteiger partial charge on any atom is 0.317 e. The molecule has 1 saturated heterocycles. The molecule has 1 heterocycles. The van der Waals surface area contributed by atoms with Crippen molar-refractivity contribution in [2.45, 2.75) is 13.0 Å². The van der Waals surface area contributed by atoms with Gasteiger partial charge in [-0.15, -0.1) is 0 Å². The zero-order valence-electron chi connectivity index (χ0n) is 13.1. The van der Waals surface area contributed by atoms with Crippen LogP contribution in [0.15, 0.2) is 24.3 Å². The SMILES string of the molecule is COCCCN1CCN(C(=O)NCc2ccccc2Cl)CC1. The molecule has 122 valence electrons. The van der Waals surface area contributed by atoms with Crippen molar-refractivity contribution in [3.05, 3.63) is 34.9 Å². The molecule has 1 fully saturated rings. The van der Waals surface area contributed by atoms with Gasteiger partial charge in [0.2, 0.25) is 0 Å². The Bertz CT molecular complexity index is 476. The Morgan fingerprint density at radius 2 is 2.00 bits per heavy atom. The van der Waals surface area contributed by atoms with Crippen LogP contribution in [0.1, 0.15) is 12.0 Å². The smallest absolute Gasteiger partial charge is 0.317 e. The molecule has 0 unspecified atom stereocenters. The molecular formula is C16H24ClN3O2. The number of carbonyl (C=O) groups excluding carboxylic acids is 1. The number of piperazine rings is 1. The van der Waals surface area contributed by atoms with E-state index in [4.69, 9.17) is 16.3 Å². The second kappa shape index (κ2) is 8.98. The lowest BCUT2D eigenvalue weighted by atomic mass is 10.2. The third kappa shape index (κ3) is 5.16. The van der Waals surface area contributed by atoms with Crippen molar-refractivity contribution < 1.29 is 9.53 Å². The van der Waals surface area contributed by atoms with Crippen LogP contribution in [0, 0.1) is 0 Å². The van der Waals surface area contributed by atoms with Gasteiger partial charge in [0.15, 0.2) is 0 Å². The van der Waals surface area contributed by atoms with Crippen molar-refractivity contribution in [2.75, 3.05) is 46.4 Å². The van der Waals surface area contributed by atoms with Crippen molar-refractivity contribution in [1.82, 2.24) is 15.1 Å². The minimum Gasteiger partial charge on any atom is -0.385 e. The number of halogens is 1. The summed E-state index contributed by atoms with van der Waals surface area (Å²) < 4.78 is 5.06. The van der Waals surface area contributed by atoms with Gasteiger partial charge in [-0.1, -0.05) is 29.8 Å². The van der Waals surface area contributed by atoms with Gasteiger partial charge in [-0.2, -0.15) is 0 Å². The molecule has 1 N–H and O–H groups in total. The normalized spacial score (nSPS) is 15.8. The lowest BCUT2D eigenvalue weighted by molar-refractivity contribution is 0.125. The summed E-state index contributed by atoms with van der Waals surface area (Å²) in [7, 11) is 1.72. The molecule has 0 bridgehead atoms. The van der Waals surface area contributed by atoms with Crippen molar-refractivity contribution in [1.29, 1.82) is 0 Å². The molecular weight excluding hydrogens is 302 g/mol. The number of methoxy groups -OCH3 is 1. The quantitative estimate of drug-likeness (QED) is 0.816. The van der Waals surface area contributed by atoms with Crippen molar-refractivity contribution in [3.63, 3.8) is 0 Å². The van der Waals surface area contributed by atoms with Crippen molar-refractivity contribution >= 4 is 17.6 Å². The minimum absolute atomic E-state index is 0.0172. The van der Waals surface area contributed by atoms with E-state index in [-0.39, 0.29) is 6.03 Å². The van der Waals surface area contributed by atoms with Crippen LogP contribution < -0.4 is 5.32 Å². The number of rotatable bonds is 6. The van der Waals surface area contributed by atoms with E-state index in [0.717, 1.165) is 51.3 Å². The Morgan fingerprint density at radius 1 is 1.27 bits per heavy atom. The number of nitrogens with zero attached hydrogens (tertiary/aromatic N) is 2. The third-order valence-corrected chi connectivity index (χ3v) is 4.24. The zero-order chi connectivity index (χ0) is 15.8. The van der Waals surface area contributed by atoms with Gasteiger partial charge in [0.25, 0.3) is 0 Å². The summed E-state index contributed by atoms with van der Waals surface area (Å²) in [5.74, 6) is 0. The minimum atomic E-state index is -0.0172. The van der Waals surface area contributed by atoms with Crippen LogP contribution in [-0.4, -0.2) is 62.3 Å². The maximum absolute atomic E-state index is 12.2. The molecule has 0 saturated carbocycles. The van der Waals surface area contributed by atoms with E-state index in [1.165, 1.54) is 0 Å². The second-order valence-corrected chi connectivity index (χ2v) is 5.83. The summed E-state index contributed by atoms with van der Waals surface area (Å²) in [6.07, 6.45) is 1.04. The Kier molecular flexibility index (Phi) is 6.96. The van der Waals surface area contributed by atoms with E-state index in [2.05, 4.69) is 10.2 Å². The standard InChI is InChI=1S/C16H24ClN3O2/c1-22-12-4-7-19-8-10-20(11-9-19)16(21)18-13-14-5-2-3-6-15(14)17/h2-3,5-6H,4,7-13H2,1H3,(H,18,21). The van der Waals surface area contributed by atoms with Gasteiger partial charge in [-0.05, 0) is 18.1 Å². The first-order valence-corrected chi connectivity index (χ1v) is 8.06. The van der Waals surface area contributed by atoms with Crippen LogP contribution in [0.3, 0.4) is 0 Å². The monoisotopic (exact) mass is 325 g/mol. The summed E-state index contributed by atoms with van der Waals surface area (Å²) in [5.41, 5.74) is 0.940. The fourth-order valence-corrected chi connectivity index (χ4v) is 2.73. The number of benzene rings is 1. The molecule has 0 radical (unpaired) electrons. The molecule has 0 atom stereocenters. The van der Waals surface area contributed by atoms with E-state index < -0.39 is 0 Å². The van der Waals surface area contributed by atoms with E-state index in [1.54, 1.807) is 7.11 Å². The summed E-state index contributed by atoms with van der Waals surface area (Å²) in [6, 6.07) is 7.55. The fraction of sp³-hybridized carbons (Fsp3) is 0.562. The highest BCUT2D eigenvalue weighted by atomic mass is 35.5. The highest BCUT2D eigenvalue weighted by Gasteiger charge is 2.20. The number of amides is 2. The average molecular weight is 326 g/mol. The fourth-order valence-electron chi connectivity index (χ4n) is 2.53. The summed E-state index contributed by atoms with van der Waals surface area (Å²) in [6.45, 7) is 5.66. The highest BCUT2D eigenvalue weighted by molar-refractivity contribution is 6.31. The highest BCUT2D eigenvalue weighted by Crippen LogP contribution is 2.14. The predicted molar refractivity (Wildman–Crippen MR) is 88.2 cm³/mol. The van der Waals surface area contributed by atoms with E-state index >= 15 is 0 Å². The van der Waals surface area contributed by atoms with Crippen LogP contribution >= 0.6 is 11.6 Å². The largest absolute Gasteiger partial charge is 0.385 e. The summed E-state index contributed by atoms with van der Waals surface area (Å²) in [4.78, 5) is 16.4. The Morgan fingerprint density at radius 3 is 2.68 bits per heavy atom. The van der Waals surface area contributed by atoms with Crippen LogP contribution in [0.2, 0.25) is 5.02 Å². The lowest BCUT2D eigenvalue weighted by Crippen LogP contribution is -2.51. The van der Waals surface area contributed by atoms with E-state index in [0.29, 0.717) is 11.6 Å². The van der Waals surface area contributed by atoms with Crippen LogP contribution in [-0.2, 0) is 11.3 Å². The van der Waals surface area contributed by atoms with Crippen LogP contribution in [0.25, 0.3) is 0 Å².